The summed E-state index contributed by atoms with van der Waals surface area (Å²) >= 11 is 0. The Labute approximate surface area is 127 Å². The third kappa shape index (κ3) is 3.49. The molecule has 3 rings (SSSR count). The molecule has 116 valence electrons. The van der Waals surface area contributed by atoms with Gasteiger partial charge in [0.2, 0.25) is 5.88 Å². The van der Waals surface area contributed by atoms with Crippen LogP contribution in [0.1, 0.15) is 45.4 Å². The Bertz CT molecular complexity index is 445. The highest BCUT2D eigenvalue weighted by Gasteiger charge is 2.34. The van der Waals surface area contributed by atoms with Crippen LogP contribution in [0, 0.1) is 5.92 Å². The highest BCUT2D eigenvalue weighted by molar-refractivity contribution is 5.53. The molecule has 1 saturated heterocycles. The molecule has 1 aromatic heterocycles. The fourth-order valence-electron chi connectivity index (χ4n) is 3.85. The first kappa shape index (κ1) is 14.6. The molecule has 1 aliphatic heterocycles. The van der Waals surface area contributed by atoms with E-state index in [9.17, 15) is 0 Å². The Hall–Kier alpha value is -1.29. The van der Waals surface area contributed by atoms with Crippen molar-refractivity contribution in [1.29, 1.82) is 0 Å². The lowest BCUT2D eigenvalue weighted by atomic mass is 9.88. The molecule has 0 radical (unpaired) electrons. The highest BCUT2D eigenvalue weighted by Crippen LogP contribution is 2.35. The van der Waals surface area contributed by atoms with Gasteiger partial charge in [-0.15, -0.1) is 0 Å². The summed E-state index contributed by atoms with van der Waals surface area (Å²) in [7, 11) is 0. The predicted molar refractivity (Wildman–Crippen MR) is 85.8 cm³/mol. The zero-order chi connectivity index (χ0) is 14.5. The molecule has 1 saturated carbocycles. The van der Waals surface area contributed by atoms with Gasteiger partial charge in [-0.25, -0.2) is 4.98 Å². The summed E-state index contributed by atoms with van der Waals surface area (Å²) in [5.41, 5.74) is 1.05. The Morgan fingerprint density at radius 2 is 2.24 bits per heavy atom. The number of piperidine rings is 1. The second kappa shape index (κ2) is 7.12. The average Bonchev–Trinajstić information content (AvgIpc) is 2.99. The van der Waals surface area contributed by atoms with Gasteiger partial charge in [-0.3, -0.25) is 0 Å². The first-order chi connectivity index (χ1) is 10.4. The largest absolute Gasteiger partial charge is 0.476 e. The van der Waals surface area contributed by atoms with E-state index in [4.69, 9.17) is 4.74 Å². The van der Waals surface area contributed by atoms with E-state index in [1.54, 1.807) is 6.20 Å². The fourth-order valence-corrected chi connectivity index (χ4v) is 3.85. The van der Waals surface area contributed by atoms with Crippen LogP contribution in [0.4, 0.5) is 5.69 Å². The maximum absolute atomic E-state index is 5.64. The van der Waals surface area contributed by atoms with Gasteiger partial charge in [-0.1, -0.05) is 12.8 Å². The third-order valence-electron chi connectivity index (χ3n) is 4.83. The Morgan fingerprint density at radius 1 is 1.29 bits per heavy atom. The molecule has 0 amide bonds. The van der Waals surface area contributed by atoms with Crippen molar-refractivity contribution < 1.29 is 4.74 Å². The molecule has 4 heteroatoms. The van der Waals surface area contributed by atoms with Crippen LogP contribution in [0.5, 0.6) is 5.88 Å². The van der Waals surface area contributed by atoms with Gasteiger partial charge >= 0.3 is 0 Å². The van der Waals surface area contributed by atoms with Crippen LogP contribution in [-0.4, -0.2) is 30.2 Å². The topological polar surface area (TPSA) is 46.2 Å². The summed E-state index contributed by atoms with van der Waals surface area (Å²) < 4.78 is 5.64. The molecular formula is C17H27N3O. The Balaban J connectivity index is 1.68. The molecule has 4 nitrogen and oxygen atoms in total. The van der Waals surface area contributed by atoms with Gasteiger partial charge in [0, 0.05) is 18.3 Å². The Kier molecular flexibility index (Phi) is 4.96. The SMILES string of the molecule is CCOc1ncccc1NC1CCCC1C1CCCCN1. The number of hydrogen-bond donors (Lipinski definition) is 2. The number of aromatic nitrogens is 1. The molecule has 2 aliphatic rings. The minimum Gasteiger partial charge on any atom is -0.476 e. The summed E-state index contributed by atoms with van der Waals surface area (Å²) in [5.74, 6) is 1.47. The van der Waals surface area contributed by atoms with E-state index >= 15 is 0 Å². The summed E-state index contributed by atoms with van der Waals surface area (Å²) in [4.78, 5) is 4.35. The van der Waals surface area contributed by atoms with Crippen LogP contribution in [-0.2, 0) is 0 Å². The second-order valence-corrected chi connectivity index (χ2v) is 6.19. The number of anilines is 1. The molecule has 3 unspecified atom stereocenters. The molecule has 0 bridgehead atoms. The molecule has 0 spiro atoms. The van der Waals surface area contributed by atoms with Crippen molar-refractivity contribution >= 4 is 5.69 Å². The van der Waals surface area contributed by atoms with Gasteiger partial charge in [0.15, 0.2) is 0 Å². The standard InChI is InChI=1S/C17H27N3O/c1-2-21-17-16(10-6-12-19-17)20-15-9-5-7-13(15)14-8-3-4-11-18-14/h6,10,12-15,18,20H,2-5,7-9,11H2,1H3. The average molecular weight is 289 g/mol. The number of rotatable bonds is 5. The van der Waals surface area contributed by atoms with Crippen molar-refractivity contribution in [2.24, 2.45) is 5.92 Å². The Morgan fingerprint density at radius 3 is 3.05 bits per heavy atom. The van der Waals surface area contributed by atoms with Crippen molar-refractivity contribution in [2.75, 3.05) is 18.5 Å². The first-order valence-electron chi connectivity index (χ1n) is 8.46. The molecule has 2 fully saturated rings. The van der Waals surface area contributed by atoms with E-state index in [0.717, 1.165) is 17.5 Å². The lowest BCUT2D eigenvalue weighted by molar-refractivity contribution is 0.285. The zero-order valence-corrected chi connectivity index (χ0v) is 13.0. The van der Waals surface area contributed by atoms with Crippen LogP contribution in [0.15, 0.2) is 18.3 Å². The molecule has 21 heavy (non-hydrogen) atoms. The lowest BCUT2D eigenvalue weighted by Crippen LogP contribution is -2.44. The van der Waals surface area contributed by atoms with Gasteiger partial charge in [-0.05, 0) is 57.2 Å². The first-order valence-corrected chi connectivity index (χ1v) is 8.46. The van der Waals surface area contributed by atoms with Crippen LogP contribution in [0.25, 0.3) is 0 Å². The summed E-state index contributed by atoms with van der Waals surface area (Å²) in [6.45, 7) is 3.84. The van der Waals surface area contributed by atoms with Crippen LogP contribution in [0.2, 0.25) is 0 Å². The minimum atomic E-state index is 0.545. The van der Waals surface area contributed by atoms with Gasteiger partial charge in [0.05, 0.1) is 12.3 Å². The van der Waals surface area contributed by atoms with Crippen molar-refractivity contribution in [1.82, 2.24) is 10.3 Å². The lowest BCUT2D eigenvalue weighted by Gasteiger charge is -2.33. The number of ether oxygens (including phenoxy) is 1. The molecule has 2 heterocycles. The monoisotopic (exact) mass is 289 g/mol. The van der Waals surface area contributed by atoms with Gasteiger partial charge in [-0.2, -0.15) is 0 Å². The maximum atomic E-state index is 5.64. The van der Waals surface area contributed by atoms with Crippen LogP contribution < -0.4 is 15.4 Å². The minimum absolute atomic E-state index is 0.545. The zero-order valence-electron chi connectivity index (χ0n) is 13.0. The fraction of sp³-hybridized carbons (Fsp3) is 0.706. The highest BCUT2D eigenvalue weighted by atomic mass is 16.5. The second-order valence-electron chi connectivity index (χ2n) is 6.19. The van der Waals surface area contributed by atoms with Gasteiger partial charge in [0.25, 0.3) is 0 Å². The van der Waals surface area contributed by atoms with Gasteiger partial charge in [0.1, 0.15) is 0 Å². The van der Waals surface area contributed by atoms with Crippen LogP contribution in [0.3, 0.4) is 0 Å². The van der Waals surface area contributed by atoms with E-state index in [1.807, 2.05) is 13.0 Å². The number of pyridine rings is 1. The maximum Gasteiger partial charge on any atom is 0.237 e. The van der Waals surface area contributed by atoms with E-state index in [0.29, 0.717) is 18.7 Å². The third-order valence-corrected chi connectivity index (χ3v) is 4.83. The molecule has 1 aliphatic carbocycles. The number of hydrogen-bond acceptors (Lipinski definition) is 4. The molecule has 0 aromatic carbocycles. The quantitative estimate of drug-likeness (QED) is 0.874. The van der Waals surface area contributed by atoms with Gasteiger partial charge < -0.3 is 15.4 Å². The predicted octanol–water partition coefficient (Wildman–Crippen LogP) is 3.20. The van der Waals surface area contributed by atoms with Crippen molar-refractivity contribution in [3.8, 4) is 5.88 Å². The number of nitrogens with zero attached hydrogens (tertiary/aromatic N) is 1. The van der Waals surface area contributed by atoms with E-state index in [1.165, 1.54) is 45.1 Å². The van der Waals surface area contributed by atoms with E-state index in [2.05, 4.69) is 21.7 Å². The normalized spacial score (nSPS) is 29.3. The molecular weight excluding hydrogens is 262 g/mol. The number of nitrogens with one attached hydrogen (secondary N) is 2. The van der Waals surface area contributed by atoms with E-state index < -0.39 is 0 Å². The molecule has 3 atom stereocenters. The summed E-state index contributed by atoms with van der Waals surface area (Å²) in [5, 5.41) is 7.44. The van der Waals surface area contributed by atoms with Crippen LogP contribution >= 0.6 is 0 Å². The molecule has 1 aromatic rings. The smallest absolute Gasteiger partial charge is 0.237 e. The van der Waals surface area contributed by atoms with Crippen molar-refractivity contribution in [3.05, 3.63) is 18.3 Å². The van der Waals surface area contributed by atoms with Crippen molar-refractivity contribution in [3.63, 3.8) is 0 Å². The summed E-state index contributed by atoms with van der Waals surface area (Å²) in [6, 6.07) is 5.30. The van der Waals surface area contributed by atoms with E-state index in [-0.39, 0.29) is 0 Å². The van der Waals surface area contributed by atoms with Crippen molar-refractivity contribution in [2.45, 2.75) is 57.5 Å². The summed E-state index contributed by atoms with van der Waals surface area (Å²) in [6.07, 6.45) is 9.74. The molecule has 2 N–H and O–H groups in total.